The molecular formula is C24H31NO4. The van der Waals surface area contributed by atoms with Crippen LogP contribution in [0.1, 0.15) is 66.7 Å². The van der Waals surface area contributed by atoms with Gasteiger partial charge >= 0.3 is 5.97 Å². The predicted molar refractivity (Wildman–Crippen MR) is 113 cm³/mol. The molecule has 0 unspecified atom stereocenters. The second-order valence-electron chi connectivity index (χ2n) is 8.42. The smallest absolute Gasteiger partial charge is 0.326 e. The maximum atomic E-state index is 11.9. The molecular weight excluding hydrogens is 366 g/mol. The van der Waals surface area contributed by atoms with E-state index in [2.05, 4.69) is 32.9 Å². The molecule has 1 aliphatic heterocycles. The Labute approximate surface area is 173 Å². The summed E-state index contributed by atoms with van der Waals surface area (Å²) in [5.74, 6) is -1.71. The lowest BCUT2D eigenvalue weighted by atomic mass is 9.72. The van der Waals surface area contributed by atoms with Gasteiger partial charge in [-0.3, -0.25) is 9.59 Å². The second-order valence-corrected chi connectivity index (χ2v) is 8.42. The molecule has 0 radical (unpaired) electrons. The second kappa shape index (κ2) is 9.68. The third-order valence-electron chi connectivity index (χ3n) is 5.31. The highest BCUT2D eigenvalue weighted by molar-refractivity contribution is 6.02. The van der Waals surface area contributed by atoms with Crippen LogP contribution in [0.15, 0.2) is 58.7 Å². The van der Waals surface area contributed by atoms with Gasteiger partial charge in [0.05, 0.1) is 0 Å². The van der Waals surface area contributed by atoms with Crippen molar-refractivity contribution in [3.63, 3.8) is 0 Å². The van der Waals surface area contributed by atoms with E-state index in [1.54, 1.807) is 13.0 Å². The van der Waals surface area contributed by atoms with Crippen LogP contribution in [0.5, 0.6) is 0 Å². The molecule has 1 heterocycles. The fourth-order valence-electron chi connectivity index (χ4n) is 3.64. The number of carbonyl (C=O) groups excluding carboxylic acids is 3. The molecule has 5 heteroatoms. The molecule has 5 nitrogen and oxygen atoms in total. The number of carbonyl (C=O) groups is 3. The zero-order valence-corrected chi connectivity index (χ0v) is 18.1. The zero-order chi connectivity index (χ0) is 21.6. The van der Waals surface area contributed by atoms with Gasteiger partial charge in [0.1, 0.15) is 0 Å². The summed E-state index contributed by atoms with van der Waals surface area (Å²) in [5.41, 5.74) is 4.87. The Bertz CT molecular complexity index is 821. The van der Waals surface area contributed by atoms with Crippen LogP contribution in [-0.2, 0) is 19.2 Å². The van der Waals surface area contributed by atoms with E-state index in [0.717, 1.165) is 5.57 Å². The third-order valence-corrected chi connectivity index (χ3v) is 5.31. The van der Waals surface area contributed by atoms with Crippen LogP contribution in [0.25, 0.3) is 0 Å². The minimum atomic E-state index is -0.738. The van der Waals surface area contributed by atoms with E-state index in [1.165, 1.54) is 36.5 Å². The molecule has 0 N–H and O–H groups in total. The van der Waals surface area contributed by atoms with Gasteiger partial charge in [-0.1, -0.05) is 55.4 Å². The summed E-state index contributed by atoms with van der Waals surface area (Å²) in [5, 5.41) is 0.550. The van der Waals surface area contributed by atoms with E-state index >= 15 is 0 Å². The summed E-state index contributed by atoms with van der Waals surface area (Å²) < 4.78 is 0. The summed E-state index contributed by atoms with van der Waals surface area (Å²) in [7, 11) is 0. The molecule has 0 aromatic heterocycles. The molecule has 0 saturated carbocycles. The first kappa shape index (κ1) is 22.6. The van der Waals surface area contributed by atoms with Crippen LogP contribution >= 0.6 is 0 Å². The molecule has 0 bridgehead atoms. The first-order valence-electron chi connectivity index (χ1n) is 10.1. The summed E-state index contributed by atoms with van der Waals surface area (Å²) >= 11 is 0. The number of hydroxylamine groups is 2. The van der Waals surface area contributed by atoms with Crippen molar-refractivity contribution in [2.24, 2.45) is 5.41 Å². The van der Waals surface area contributed by atoms with Gasteiger partial charge in [0.2, 0.25) is 0 Å². The molecule has 2 rings (SSSR count). The highest BCUT2D eigenvalue weighted by Gasteiger charge is 2.32. The van der Waals surface area contributed by atoms with Gasteiger partial charge in [-0.05, 0) is 56.6 Å². The standard InChI is InChI=1S/C24H31NO4/c1-17(11-12-20-19(3)10-7-15-24(20,4)5)8-6-9-18(2)16-23(28)29-25-21(26)13-14-22(25)27/h6,8-9,11-12,16H,7,10,13-15H2,1-5H3/b9-6+,12-11-,17-8-,18-16-. The summed E-state index contributed by atoms with van der Waals surface area (Å²) in [6.45, 7) is 10.6. The Morgan fingerprint density at radius 3 is 2.31 bits per heavy atom. The average molecular weight is 398 g/mol. The van der Waals surface area contributed by atoms with Gasteiger partial charge in [-0.2, -0.15) is 0 Å². The van der Waals surface area contributed by atoms with Crippen LogP contribution in [0.4, 0.5) is 0 Å². The normalized spacial score (nSPS) is 21.1. The highest BCUT2D eigenvalue weighted by atomic mass is 16.7. The van der Waals surface area contributed by atoms with Crippen LogP contribution in [-0.4, -0.2) is 22.8 Å². The van der Waals surface area contributed by atoms with E-state index in [9.17, 15) is 14.4 Å². The minimum absolute atomic E-state index is 0.0832. The molecule has 156 valence electrons. The predicted octanol–water partition coefficient (Wildman–Crippen LogP) is 5.13. The molecule has 1 saturated heterocycles. The molecule has 0 aromatic carbocycles. The van der Waals surface area contributed by atoms with E-state index in [1.807, 2.05) is 19.1 Å². The van der Waals surface area contributed by atoms with Gasteiger partial charge in [-0.15, -0.1) is 5.06 Å². The third kappa shape index (κ3) is 6.41. The van der Waals surface area contributed by atoms with E-state index < -0.39 is 17.8 Å². The Balaban J connectivity index is 1.95. The summed E-state index contributed by atoms with van der Waals surface area (Å²) in [6, 6.07) is 0. The molecule has 29 heavy (non-hydrogen) atoms. The fourth-order valence-corrected chi connectivity index (χ4v) is 3.64. The molecule has 0 spiro atoms. The fraction of sp³-hybridized carbons (Fsp3) is 0.458. The summed E-state index contributed by atoms with van der Waals surface area (Å²) in [6.07, 6.45) is 15.0. The number of hydrogen-bond donors (Lipinski definition) is 0. The van der Waals surface area contributed by atoms with Gasteiger partial charge in [0.15, 0.2) is 0 Å². The Hall–Kier alpha value is -2.69. The van der Waals surface area contributed by atoms with Crippen molar-refractivity contribution in [2.75, 3.05) is 0 Å². The van der Waals surface area contributed by atoms with E-state index in [0.29, 0.717) is 10.6 Å². The first-order chi connectivity index (χ1) is 13.6. The minimum Gasteiger partial charge on any atom is -0.326 e. The van der Waals surface area contributed by atoms with Gasteiger partial charge in [-0.25, -0.2) is 4.79 Å². The molecule has 0 aromatic rings. The maximum Gasteiger partial charge on any atom is 0.357 e. The largest absolute Gasteiger partial charge is 0.357 e. The van der Waals surface area contributed by atoms with E-state index in [-0.39, 0.29) is 18.3 Å². The SMILES string of the molecule is CC1=C(\C=C/C(C)=C\C=C\C(C)=C/C(=O)ON2C(=O)CCC2=O)C(C)(C)CCC1. The van der Waals surface area contributed by atoms with E-state index in [4.69, 9.17) is 4.84 Å². The highest BCUT2D eigenvalue weighted by Crippen LogP contribution is 2.40. The molecule has 2 aliphatic rings. The number of allylic oxidation sites excluding steroid dienone is 9. The Morgan fingerprint density at radius 1 is 1.03 bits per heavy atom. The van der Waals surface area contributed by atoms with Crippen LogP contribution in [0.3, 0.4) is 0 Å². The molecule has 1 fully saturated rings. The average Bonchev–Trinajstić information content (AvgIpc) is 2.92. The lowest BCUT2D eigenvalue weighted by Crippen LogP contribution is -2.31. The number of nitrogens with zero attached hydrogens (tertiary/aromatic N) is 1. The van der Waals surface area contributed by atoms with Crippen molar-refractivity contribution in [1.82, 2.24) is 5.06 Å². The van der Waals surface area contributed by atoms with Crippen molar-refractivity contribution in [1.29, 1.82) is 0 Å². The van der Waals surface area contributed by atoms with Crippen LogP contribution in [0, 0.1) is 5.41 Å². The lowest BCUT2D eigenvalue weighted by Gasteiger charge is -2.32. The quantitative estimate of drug-likeness (QED) is 0.354. The lowest BCUT2D eigenvalue weighted by molar-refractivity contribution is -0.193. The molecule has 1 aliphatic carbocycles. The van der Waals surface area contributed by atoms with Crippen LogP contribution < -0.4 is 0 Å². The van der Waals surface area contributed by atoms with Gasteiger partial charge < -0.3 is 4.84 Å². The van der Waals surface area contributed by atoms with Crippen molar-refractivity contribution in [3.8, 4) is 0 Å². The number of rotatable bonds is 6. The maximum absolute atomic E-state index is 11.9. The zero-order valence-electron chi connectivity index (χ0n) is 18.1. The molecule has 0 atom stereocenters. The van der Waals surface area contributed by atoms with Gasteiger partial charge in [0.25, 0.3) is 11.8 Å². The Kier molecular flexibility index (Phi) is 7.54. The van der Waals surface area contributed by atoms with Gasteiger partial charge in [0, 0.05) is 18.9 Å². The number of hydrogen-bond acceptors (Lipinski definition) is 4. The van der Waals surface area contributed by atoms with Crippen LogP contribution in [0.2, 0.25) is 0 Å². The Morgan fingerprint density at radius 2 is 1.69 bits per heavy atom. The summed E-state index contributed by atoms with van der Waals surface area (Å²) in [4.78, 5) is 39.6. The number of amides is 2. The van der Waals surface area contributed by atoms with Crippen molar-refractivity contribution in [2.45, 2.75) is 66.7 Å². The topological polar surface area (TPSA) is 63.7 Å². The van der Waals surface area contributed by atoms with Crippen molar-refractivity contribution >= 4 is 17.8 Å². The van der Waals surface area contributed by atoms with Crippen molar-refractivity contribution < 1.29 is 19.2 Å². The number of imide groups is 1. The van der Waals surface area contributed by atoms with Crippen molar-refractivity contribution in [3.05, 3.63) is 58.7 Å². The monoisotopic (exact) mass is 397 g/mol. The molecule has 2 amide bonds. The first-order valence-corrected chi connectivity index (χ1v) is 10.1.